The van der Waals surface area contributed by atoms with Gasteiger partial charge in [0, 0.05) is 18.8 Å². The number of nitrogens with zero attached hydrogens (tertiary/aromatic N) is 1. The fourth-order valence-corrected chi connectivity index (χ4v) is 5.34. The highest BCUT2D eigenvalue weighted by atomic mass is 32.2. The Balaban J connectivity index is 2.32. The summed E-state index contributed by atoms with van der Waals surface area (Å²) in [6.45, 7) is 0.282. The lowest BCUT2D eigenvalue weighted by molar-refractivity contribution is 0.573. The summed E-state index contributed by atoms with van der Waals surface area (Å²) in [5, 5.41) is 0. The third-order valence-corrected chi connectivity index (χ3v) is 6.27. The molecule has 1 unspecified atom stereocenters. The van der Waals surface area contributed by atoms with E-state index in [1.807, 2.05) is 6.07 Å². The van der Waals surface area contributed by atoms with Gasteiger partial charge in [-0.1, -0.05) is 18.2 Å². The first-order valence-corrected chi connectivity index (χ1v) is 9.90. The molecule has 1 aliphatic heterocycles. The molecule has 1 heterocycles. The van der Waals surface area contributed by atoms with E-state index in [0.717, 1.165) is 11.8 Å². The van der Waals surface area contributed by atoms with E-state index in [1.54, 1.807) is 18.2 Å². The summed E-state index contributed by atoms with van der Waals surface area (Å²) < 4.78 is 48.2. The van der Waals surface area contributed by atoms with Crippen molar-refractivity contribution in [1.29, 1.82) is 0 Å². The zero-order chi connectivity index (χ0) is 15.0. The number of sulfonamides is 1. The Morgan fingerprint density at radius 3 is 2.50 bits per heavy atom. The van der Waals surface area contributed by atoms with Gasteiger partial charge in [-0.05, 0) is 18.1 Å². The normalized spacial score (nSPS) is 19.7. The Morgan fingerprint density at radius 1 is 1.20 bits per heavy atom. The largest absolute Gasteiger partial charge is 0.324 e. The molecular weight excluding hydrogens is 300 g/mol. The minimum atomic E-state index is -3.65. The Hall–Kier alpha value is -1.12. The van der Waals surface area contributed by atoms with Crippen molar-refractivity contribution in [2.24, 2.45) is 5.73 Å². The van der Waals surface area contributed by atoms with Gasteiger partial charge in [-0.15, -0.1) is 0 Å². The molecule has 2 rings (SSSR count). The minimum Gasteiger partial charge on any atom is -0.324 e. The Bertz CT molecular complexity index is 698. The zero-order valence-electron chi connectivity index (χ0n) is 11.2. The van der Waals surface area contributed by atoms with Crippen molar-refractivity contribution in [2.75, 3.05) is 28.6 Å². The monoisotopic (exact) mass is 318 g/mol. The summed E-state index contributed by atoms with van der Waals surface area (Å²) in [6.07, 6.45) is 1.55. The summed E-state index contributed by atoms with van der Waals surface area (Å²) in [5.41, 5.74) is 7.31. The molecule has 1 aliphatic rings. The smallest absolute Gasteiger partial charge is 0.236 e. The molecule has 2 N–H and O–H groups in total. The molecule has 20 heavy (non-hydrogen) atoms. The van der Waals surface area contributed by atoms with Crippen LogP contribution in [0.4, 0.5) is 5.69 Å². The number of fused-ring (bicyclic) bond motifs is 1. The van der Waals surface area contributed by atoms with Crippen molar-refractivity contribution < 1.29 is 16.8 Å². The summed E-state index contributed by atoms with van der Waals surface area (Å²) >= 11 is 0. The van der Waals surface area contributed by atoms with Gasteiger partial charge in [-0.25, -0.2) is 16.8 Å². The highest BCUT2D eigenvalue weighted by molar-refractivity contribution is 7.95. The molecule has 0 bridgehead atoms. The second-order valence-corrected chi connectivity index (χ2v) is 9.24. The van der Waals surface area contributed by atoms with Gasteiger partial charge in [0.05, 0.1) is 17.2 Å². The summed E-state index contributed by atoms with van der Waals surface area (Å²) in [6, 6.07) is 6.87. The summed E-state index contributed by atoms with van der Waals surface area (Å²) in [7, 11) is -6.97. The Kier molecular flexibility index (Phi) is 4.08. The lowest BCUT2D eigenvalue weighted by atomic mass is 9.99. The number of nitrogens with two attached hydrogens (primary N) is 1. The molecule has 8 heteroatoms. The number of hydrogen-bond donors (Lipinski definition) is 1. The van der Waals surface area contributed by atoms with Crippen LogP contribution in [-0.4, -0.2) is 41.1 Å². The fraction of sp³-hybridized carbons (Fsp3) is 0.500. The maximum absolute atomic E-state index is 12.3. The van der Waals surface area contributed by atoms with Crippen LogP contribution in [-0.2, 0) is 19.9 Å². The molecule has 0 aromatic heterocycles. The molecule has 0 saturated carbocycles. The first-order chi connectivity index (χ1) is 9.21. The van der Waals surface area contributed by atoms with Crippen molar-refractivity contribution in [2.45, 2.75) is 12.5 Å². The third kappa shape index (κ3) is 3.31. The SMILES string of the molecule is CS(=O)(=O)CCS(=O)(=O)N1CCC(N)c2ccccc21. The van der Waals surface area contributed by atoms with Crippen LogP contribution in [0.5, 0.6) is 0 Å². The maximum atomic E-state index is 12.3. The van der Waals surface area contributed by atoms with E-state index in [9.17, 15) is 16.8 Å². The Morgan fingerprint density at radius 2 is 1.85 bits per heavy atom. The Labute approximate surface area is 119 Å². The van der Waals surface area contributed by atoms with E-state index in [2.05, 4.69) is 0 Å². The summed E-state index contributed by atoms with van der Waals surface area (Å²) in [5.74, 6) is -0.782. The van der Waals surface area contributed by atoms with E-state index in [0.29, 0.717) is 12.1 Å². The number of hydrogen-bond acceptors (Lipinski definition) is 5. The van der Waals surface area contributed by atoms with Gasteiger partial charge in [-0.3, -0.25) is 4.31 Å². The van der Waals surface area contributed by atoms with Gasteiger partial charge in [0.25, 0.3) is 0 Å². The van der Waals surface area contributed by atoms with Gasteiger partial charge in [0.1, 0.15) is 9.84 Å². The van der Waals surface area contributed by atoms with Crippen molar-refractivity contribution >= 4 is 25.5 Å². The lowest BCUT2D eigenvalue weighted by Crippen LogP contribution is -2.40. The van der Waals surface area contributed by atoms with Crippen molar-refractivity contribution in [3.05, 3.63) is 29.8 Å². The number of anilines is 1. The van der Waals surface area contributed by atoms with Crippen LogP contribution in [0, 0.1) is 0 Å². The number of rotatable bonds is 4. The molecule has 0 aliphatic carbocycles. The minimum absolute atomic E-state index is 0.187. The predicted octanol–water partition coefficient (Wildman–Crippen LogP) is 0.271. The molecule has 0 spiro atoms. The highest BCUT2D eigenvalue weighted by Gasteiger charge is 2.30. The van der Waals surface area contributed by atoms with Gasteiger partial charge in [-0.2, -0.15) is 0 Å². The maximum Gasteiger partial charge on any atom is 0.236 e. The van der Waals surface area contributed by atoms with Crippen LogP contribution in [0.2, 0.25) is 0 Å². The topological polar surface area (TPSA) is 97.5 Å². The van der Waals surface area contributed by atoms with Crippen molar-refractivity contribution in [3.63, 3.8) is 0 Å². The predicted molar refractivity (Wildman–Crippen MR) is 78.8 cm³/mol. The second kappa shape index (κ2) is 5.34. The number of benzene rings is 1. The van der Waals surface area contributed by atoms with Gasteiger partial charge >= 0.3 is 0 Å². The van der Waals surface area contributed by atoms with Gasteiger partial charge in [0.2, 0.25) is 10.0 Å². The molecule has 0 fully saturated rings. The quantitative estimate of drug-likeness (QED) is 0.859. The second-order valence-electron chi connectivity index (χ2n) is 4.97. The van der Waals surface area contributed by atoms with E-state index in [1.165, 1.54) is 4.31 Å². The fourth-order valence-electron chi connectivity index (χ4n) is 2.22. The molecule has 0 amide bonds. The first-order valence-electron chi connectivity index (χ1n) is 6.23. The molecule has 0 saturated heterocycles. The van der Waals surface area contributed by atoms with Crippen molar-refractivity contribution in [3.8, 4) is 0 Å². The lowest BCUT2D eigenvalue weighted by Gasteiger charge is -2.33. The highest BCUT2D eigenvalue weighted by Crippen LogP contribution is 2.33. The van der Waals surface area contributed by atoms with Crippen LogP contribution in [0.1, 0.15) is 18.0 Å². The average Bonchev–Trinajstić information content (AvgIpc) is 2.36. The number of para-hydroxylation sites is 1. The van der Waals surface area contributed by atoms with Crippen LogP contribution < -0.4 is 10.0 Å². The molecule has 1 aromatic rings. The van der Waals surface area contributed by atoms with Gasteiger partial charge < -0.3 is 5.73 Å². The van der Waals surface area contributed by atoms with E-state index in [-0.39, 0.29) is 18.3 Å². The van der Waals surface area contributed by atoms with Crippen LogP contribution in [0.3, 0.4) is 0 Å². The molecule has 112 valence electrons. The van der Waals surface area contributed by atoms with E-state index >= 15 is 0 Å². The van der Waals surface area contributed by atoms with Gasteiger partial charge in [0.15, 0.2) is 0 Å². The van der Waals surface area contributed by atoms with E-state index < -0.39 is 25.6 Å². The molecule has 0 radical (unpaired) electrons. The van der Waals surface area contributed by atoms with Crippen LogP contribution >= 0.6 is 0 Å². The molecule has 6 nitrogen and oxygen atoms in total. The average molecular weight is 318 g/mol. The van der Waals surface area contributed by atoms with Crippen LogP contribution in [0.15, 0.2) is 24.3 Å². The third-order valence-electron chi connectivity index (χ3n) is 3.30. The number of sulfone groups is 1. The molecule has 1 aromatic carbocycles. The first kappa shape index (κ1) is 15.3. The van der Waals surface area contributed by atoms with Crippen LogP contribution in [0.25, 0.3) is 0 Å². The zero-order valence-corrected chi connectivity index (χ0v) is 12.8. The van der Waals surface area contributed by atoms with E-state index in [4.69, 9.17) is 5.73 Å². The molecular formula is C12H18N2O4S2. The summed E-state index contributed by atoms with van der Waals surface area (Å²) in [4.78, 5) is 0. The van der Waals surface area contributed by atoms with Crippen molar-refractivity contribution in [1.82, 2.24) is 0 Å². The molecule has 1 atom stereocenters. The standard InChI is InChI=1S/C12H18N2O4S2/c1-19(15,16)8-9-20(17,18)14-7-6-11(13)10-4-2-3-5-12(10)14/h2-5,11H,6-9,13H2,1H3.